The van der Waals surface area contributed by atoms with Gasteiger partial charge in [-0.1, -0.05) is 24.3 Å². The van der Waals surface area contributed by atoms with E-state index in [4.69, 9.17) is 31.1 Å². The van der Waals surface area contributed by atoms with E-state index < -0.39 is 23.0 Å². The van der Waals surface area contributed by atoms with Crippen LogP contribution in [0.15, 0.2) is 72.2 Å². The monoisotopic (exact) mass is 671 g/mol. The first-order valence-electron chi connectivity index (χ1n) is 16.0. The summed E-state index contributed by atoms with van der Waals surface area (Å²) in [6.45, 7) is 4.30. The molecule has 256 valence electrons. The lowest BCUT2D eigenvalue weighted by Gasteiger charge is -2.28. The fourth-order valence-electron chi connectivity index (χ4n) is 6.20. The summed E-state index contributed by atoms with van der Waals surface area (Å²) in [4.78, 5) is 19.2. The number of hydrogen-bond acceptors (Lipinski definition) is 8. The van der Waals surface area contributed by atoms with Crippen molar-refractivity contribution in [1.82, 2.24) is 24.8 Å². The van der Waals surface area contributed by atoms with Crippen LogP contribution in [-0.2, 0) is 35.0 Å². The highest BCUT2D eigenvalue weighted by atomic mass is 19.1. The number of ether oxygens (including phenoxy) is 2. The van der Waals surface area contributed by atoms with E-state index >= 15 is 8.78 Å². The van der Waals surface area contributed by atoms with E-state index in [1.165, 1.54) is 34.0 Å². The second-order valence-corrected chi connectivity index (χ2v) is 12.6. The van der Waals surface area contributed by atoms with E-state index in [1.54, 1.807) is 20.2 Å². The molecule has 11 nitrogen and oxygen atoms in total. The number of benzene rings is 3. The minimum absolute atomic E-state index is 0.00327. The summed E-state index contributed by atoms with van der Waals surface area (Å²) < 4.78 is 45.0. The Morgan fingerprint density at radius 2 is 1.96 bits per heavy atom. The maximum Gasteiger partial charge on any atom is 0.303 e. The van der Waals surface area contributed by atoms with Crippen LogP contribution in [0.4, 0.5) is 8.78 Å². The number of aliphatic carboxylic acids is 1. The second-order valence-electron chi connectivity index (χ2n) is 12.6. The van der Waals surface area contributed by atoms with Crippen LogP contribution in [0.2, 0.25) is 0 Å². The van der Waals surface area contributed by atoms with Gasteiger partial charge in [0.25, 0.3) is 0 Å². The lowest BCUT2D eigenvalue weighted by atomic mass is 9.77. The number of aromatic amines is 1. The van der Waals surface area contributed by atoms with E-state index in [9.17, 15) is 9.90 Å². The summed E-state index contributed by atoms with van der Waals surface area (Å²) in [6.07, 6.45) is 3.21. The number of hydrogen-bond donors (Lipinski definition) is 4. The smallest absolute Gasteiger partial charge is 0.303 e. The van der Waals surface area contributed by atoms with Crippen molar-refractivity contribution in [2.75, 3.05) is 13.2 Å². The minimum Gasteiger partial charge on any atom is -0.481 e. The van der Waals surface area contributed by atoms with Gasteiger partial charge in [0.1, 0.15) is 11.6 Å². The third kappa shape index (κ3) is 6.85. The average Bonchev–Trinajstić information content (AvgIpc) is 3.71. The Bertz CT molecular complexity index is 2060. The van der Waals surface area contributed by atoms with Gasteiger partial charge in [-0.25, -0.2) is 24.3 Å². The molecule has 6 rings (SSSR count). The molecule has 0 radical (unpaired) electrons. The number of H-pyrrole nitrogens is 1. The number of rotatable bonds is 4. The molecule has 1 unspecified atom stereocenters. The fraction of sp³-hybridized carbons (Fsp3) is 0.306. The van der Waals surface area contributed by atoms with Crippen LogP contribution < -0.4 is 16.3 Å². The van der Waals surface area contributed by atoms with Crippen molar-refractivity contribution in [2.45, 2.75) is 51.5 Å². The highest BCUT2D eigenvalue weighted by Crippen LogP contribution is 2.39. The van der Waals surface area contributed by atoms with Crippen LogP contribution in [0, 0.1) is 11.6 Å². The number of aryl methyl sites for hydroxylation is 2. The molecule has 0 saturated carbocycles. The Hall–Kier alpha value is -5.27. The van der Waals surface area contributed by atoms with Gasteiger partial charge in [0.05, 0.1) is 29.8 Å². The SMILES string of the molecule is C/C1=C(/N)COCCCC(C)(c2cccc(CCC(=O)O)c2)c2nc(n(C)n2)-c2cc(ccc2F)Oc2c(F)cc3[nH]ccc3c2CN1N. The Balaban J connectivity index is 1.48. The lowest BCUT2D eigenvalue weighted by Crippen LogP contribution is -2.32. The molecule has 0 amide bonds. The number of carboxylic acids is 1. The molecular weight excluding hydrogens is 632 g/mol. The number of fused-ring (bicyclic) bond motifs is 8. The minimum atomic E-state index is -0.879. The van der Waals surface area contributed by atoms with E-state index in [-0.39, 0.29) is 42.5 Å². The van der Waals surface area contributed by atoms with Crippen LogP contribution >= 0.6 is 0 Å². The molecule has 49 heavy (non-hydrogen) atoms. The van der Waals surface area contributed by atoms with Crippen LogP contribution in [0.3, 0.4) is 0 Å². The van der Waals surface area contributed by atoms with Crippen LogP contribution in [0.25, 0.3) is 22.3 Å². The molecule has 13 heteroatoms. The first-order chi connectivity index (χ1) is 23.4. The van der Waals surface area contributed by atoms with Crippen molar-refractivity contribution in [3.63, 3.8) is 0 Å². The predicted molar refractivity (Wildman–Crippen MR) is 180 cm³/mol. The number of aromatic nitrogens is 4. The zero-order chi connectivity index (χ0) is 34.9. The Kier molecular flexibility index (Phi) is 9.39. The molecule has 3 heterocycles. The van der Waals surface area contributed by atoms with Crippen LogP contribution in [0.1, 0.15) is 55.6 Å². The highest BCUT2D eigenvalue weighted by Gasteiger charge is 2.34. The molecule has 0 saturated heterocycles. The largest absolute Gasteiger partial charge is 0.481 e. The molecule has 4 bridgehead atoms. The van der Waals surface area contributed by atoms with Gasteiger partial charge >= 0.3 is 5.97 Å². The topological polar surface area (TPSA) is 158 Å². The Morgan fingerprint density at radius 3 is 2.76 bits per heavy atom. The maximum atomic E-state index is 15.7. The summed E-state index contributed by atoms with van der Waals surface area (Å²) in [5.74, 6) is 5.25. The third-order valence-electron chi connectivity index (χ3n) is 9.16. The number of halogens is 2. The van der Waals surface area contributed by atoms with Crippen molar-refractivity contribution in [3.05, 3.63) is 106 Å². The second kappa shape index (κ2) is 13.7. The zero-order valence-corrected chi connectivity index (χ0v) is 27.6. The quantitative estimate of drug-likeness (QED) is 0.167. The lowest BCUT2D eigenvalue weighted by molar-refractivity contribution is -0.136. The van der Waals surface area contributed by atoms with E-state index in [0.717, 1.165) is 11.1 Å². The Labute approximate surface area is 282 Å². The molecule has 1 atom stereocenters. The van der Waals surface area contributed by atoms with Crippen molar-refractivity contribution in [3.8, 4) is 22.9 Å². The Morgan fingerprint density at radius 1 is 1.14 bits per heavy atom. The van der Waals surface area contributed by atoms with Crippen molar-refractivity contribution in [1.29, 1.82) is 0 Å². The van der Waals surface area contributed by atoms with Gasteiger partial charge in [-0.3, -0.25) is 4.79 Å². The molecule has 0 aliphatic carbocycles. The van der Waals surface area contributed by atoms with Gasteiger partial charge in [-0.15, -0.1) is 0 Å². The molecule has 3 aromatic carbocycles. The van der Waals surface area contributed by atoms with Gasteiger partial charge < -0.3 is 30.3 Å². The molecule has 0 fully saturated rings. The van der Waals surface area contributed by atoms with Gasteiger partial charge in [-0.05, 0) is 68.5 Å². The maximum absolute atomic E-state index is 15.7. The summed E-state index contributed by atoms with van der Waals surface area (Å²) >= 11 is 0. The predicted octanol–water partition coefficient (Wildman–Crippen LogP) is 6.03. The fourth-order valence-corrected chi connectivity index (χ4v) is 6.20. The standard InChI is InChI=1S/C36H39F2N7O4/c1-21-30(39)20-48-15-5-13-36(2,23-7-4-6-22(16-23)8-11-32(46)47)35-42-34(44(3)43-35)26-17-24(9-10-28(26)37)49-33-27(19-45(21)40)25-12-14-41-31(25)18-29(33)38/h4,6-7,9-10,12,14,16-18,41H,5,8,11,13,15,19-20,39-40H2,1-3H3,(H,46,47)/b30-21-. The molecule has 2 aromatic heterocycles. The van der Waals surface area contributed by atoms with E-state index in [2.05, 4.69) is 4.98 Å². The van der Waals surface area contributed by atoms with Crippen molar-refractivity contribution in [2.24, 2.45) is 18.6 Å². The number of nitrogens with zero attached hydrogens (tertiary/aromatic N) is 4. The van der Waals surface area contributed by atoms with E-state index in [1.807, 2.05) is 37.3 Å². The molecule has 6 N–H and O–H groups in total. The summed E-state index contributed by atoms with van der Waals surface area (Å²) in [5, 5.41) is 16.1. The van der Waals surface area contributed by atoms with Crippen molar-refractivity contribution >= 4 is 16.9 Å². The molecule has 1 aliphatic rings. The molecule has 1 aliphatic heterocycles. The van der Waals surface area contributed by atoms with Gasteiger partial charge in [-0.2, -0.15) is 5.10 Å². The van der Waals surface area contributed by atoms with Crippen LogP contribution in [-0.4, -0.2) is 49.0 Å². The van der Waals surface area contributed by atoms with Gasteiger partial charge in [0.15, 0.2) is 23.2 Å². The van der Waals surface area contributed by atoms with Gasteiger partial charge in [0, 0.05) is 54.5 Å². The first kappa shape index (κ1) is 33.6. The average molecular weight is 672 g/mol. The van der Waals surface area contributed by atoms with Gasteiger partial charge in [0.2, 0.25) is 0 Å². The van der Waals surface area contributed by atoms with E-state index in [0.29, 0.717) is 59.6 Å². The third-order valence-corrected chi connectivity index (χ3v) is 9.16. The normalized spacial score (nSPS) is 19.1. The molecular formula is C36H39F2N7O4. The first-order valence-corrected chi connectivity index (χ1v) is 16.0. The summed E-state index contributed by atoms with van der Waals surface area (Å²) in [5.41, 5.74) is 9.52. The zero-order valence-electron chi connectivity index (χ0n) is 27.6. The number of carboxylic acid groups (broad SMARTS) is 1. The summed E-state index contributed by atoms with van der Waals surface area (Å²) in [6, 6.07) is 15.0. The number of carbonyl (C=O) groups is 1. The molecule has 0 spiro atoms. The number of allylic oxidation sites excluding steroid dienone is 1. The summed E-state index contributed by atoms with van der Waals surface area (Å²) in [7, 11) is 1.68. The highest BCUT2D eigenvalue weighted by molar-refractivity contribution is 5.85. The molecule has 5 aromatic rings. The van der Waals surface area contributed by atoms with Crippen LogP contribution in [0.5, 0.6) is 11.5 Å². The number of hydrazine groups is 1. The number of nitrogens with two attached hydrogens (primary N) is 2. The van der Waals surface area contributed by atoms with Crippen molar-refractivity contribution < 1.29 is 28.2 Å². The number of nitrogens with one attached hydrogen (secondary N) is 1.